The number of aryl methyl sites for hydroxylation is 1. The minimum absolute atomic E-state index is 0.0550. The lowest BCUT2D eigenvalue weighted by atomic mass is 10.1. The molecular formula is C15H18ClNO3S. The van der Waals surface area contributed by atoms with Gasteiger partial charge in [-0.1, -0.05) is 23.7 Å². The molecule has 1 aliphatic heterocycles. The molecule has 0 saturated carbocycles. The Morgan fingerprint density at radius 2 is 2.14 bits per heavy atom. The van der Waals surface area contributed by atoms with Crippen molar-refractivity contribution in [2.45, 2.75) is 19.4 Å². The van der Waals surface area contributed by atoms with E-state index >= 15 is 0 Å². The van der Waals surface area contributed by atoms with Crippen LogP contribution in [0.5, 0.6) is 0 Å². The summed E-state index contributed by atoms with van der Waals surface area (Å²) in [6, 6.07) is 5.33. The van der Waals surface area contributed by atoms with E-state index in [9.17, 15) is 13.2 Å². The van der Waals surface area contributed by atoms with E-state index in [0.29, 0.717) is 11.4 Å². The predicted molar refractivity (Wildman–Crippen MR) is 85.1 cm³/mol. The summed E-state index contributed by atoms with van der Waals surface area (Å²) in [7, 11) is -1.35. The van der Waals surface area contributed by atoms with Crippen molar-refractivity contribution in [1.82, 2.24) is 4.90 Å². The Balaban J connectivity index is 2.03. The first kappa shape index (κ1) is 16.0. The zero-order chi connectivity index (χ0) is 15.6. The van der Waals surface area contributed by atoms with Gasteiger partial charge in [-0.2, -0.15) is 0 Å². The normalized spacial score (nSPS) is 20.8. The zero-order valence-corrected chi connectivity index (χ0v) is 13.6. The van der Waals surface area contributed by atoms with Crippen molar-refractivity contribution in [2.24, 2.45) is 0 Å². The Morgan fingerprint density at radius 1 is 1.43 bits per heavy atom. The van der Waals surface area contributed by atoms with Crippen LogP contribution in [0.3, 0.4) is 0 Å². The highest BCUT2D eigenvalue weighted by Crippen LogP contribution is 2.19. The highest BCUT2D eigenvalue weighted by molar-refractivity contribution is 7.91. The van der Waals surface area contributed by atoms with Crippen molar-refractivity contribution >= 4 is 33.4 Å². The first-order valence-corrected chi connectivity index (χ1v) is 8.90. The molecule has 1 unspecified atom stereocenters. The van der Waals surface area contributed by atoms with Crippen LogP contribution in [-0.2, 0) is 14.6 Å². The van der Waals surface area contributed by atoms with Crippen molar-refractivity contribution < 1.29 is 13.2 Å². The van der Waals surface area contributed by atoms with Crippen LogP contribution < -0.4 is 0 Å². The second kappa shape index (κ2) is 6.20. The topological polar surface area (TPSA) is 54.5 Å². The number of nitrogens with zero attached hydrogens (tertiary/aromatic N) is 1. The molecule has 0 aliphatic carbocycles. The molecule has 1 fully saturated rings. The molecule has 114 valence electrons. The molecule has 0 bridgehead atoms. The smallest absolute Gasteiger partial charge is 0.246 e. The van der Waals surface area contributed by atoms with E-state index < -0.39 is 9.84 Å². The van der Waals surface area contributed by atoms with Gasteiger partial charge >= 0.3 is 0 Å². The number of sulfone groups is 1. The van der Waals surface area contributed by atoms with Crippen LogP contribution in [0.1, 0.15) is 17.5 Å². The number of benzene rings is 1. The Labute approximate surface area is 130 Å². The summed E-state index contributed by atoms with van der Waals surface area (Å²) in [6.07, 6.45) is 3.65. The summed E-state index contributed by atoms with van der Waals surface area (Å²) in [4.78, 5) is 13.6. The van der Waals surface area contributed by atoms with Gasteiger partial charge in [-0.25, -0.2) is 8.42 Å². The van der Waals surface area contributed by atoms with Gasteiger partial charge in [0.05, 0.1) is 11.5 Å². The number of hydrogen-bond acceptors (Lipinski definition) is 3. The number of carbonyl (C=O) groups is 1. The van der Waals surface area contributed by atoms with E-state index in [1.165, 1.54) is 11.0 Å². The van der Waals surface area contributed by atoms with E-state index in [0.717, 1.165) is 11.1 Å². The van der Waals surface area contributed by atoms with E-state index in [-0.39, 0.29) is 23.5 Å². The number of hydrogen-bond donors (Lipinski definition) is 0. The Hall–Kier alpha value is -1.33. The van der Waals surface area contributed by atoms with E-state index in [1.54, 1.807) is 19.2 Å². The largest absolute Gasteiger partial charge is 0.338 e. The number of halogens is 1. The Kier molecular flexibility index (Phi) is 4.74. The molecule has 0 radical (unpaired) electrons. The van der Waals surface area contributed by atoms with Crippen molar-refractivity contribution in [3.63, 3.8) is 0 Å². The number of amides is 1. The molecule has 21 heavy (non-hydrogen) atoms. The number of likely N-dealkylation sites (N-methyl/N-ethyl adjacent to an activating group) is 1. The molecular weight excluding hydrogens is 310 g/mol. The highest BCUT2D eigenvalue weighted by atomic mass is 35.5. The molecule has 1 heterocycles. The van der Waals surface area contributed by atoms with Gasteiger partial charge in [0.1, 0.15) is 0 Å². The van der Waals surface area contributed by atoms with E-state index in [1.807, 2.05) is 19.1 Å². The second-order valence-corrected chi connectivity index (χ2v) is 7.98. The number of carbonyl (C=O) groups excluding carboxylic acids is 1. The fourth-order valence-corrected chi connectivity index (χ4v) is 4.22. The first-order valence-electron chi connectivity index (χ1n) is 6.70. The molecule has 1 aromatic rings. The summed E-state index contributed by atoms with van der Waals surface area (Å²) in [5.74, 6) is 0.0141. The molecule has 6 heteroatoms. The van der Waals surface area contributed by atoms with Crippen LogP contribution in [0, 0.1) is 6.92 Å². The molecule has 1 atom stereocenters. The maximum absolute atomic E-state index is 12.1. The van der Waals surface area contributed by atoms with Crippen LogP contribution in [-0.4, -0.2) is 43.8 Å². The molecule has 4 nitrogen and oxygen atoms in total. The van der Waals surface area contributed by atoms with E-state index in [4.69, 9.17) is 11.6 Å². The van der Waals surface area contributed by atoms with Gasteiger partial charge in [0.25, 0.3) is 0 Å². The molecule has 1 saturated heterocycles. The third-order valence-electron chi connectivity index (χ3n) is 3.72. The molecule has 2 rings (SSSR count). The van der Waals surface area contributed by atoms with Gasteiger partial charge in [0, 0.05) is 24.2 Å². The molecule has 0 spiro atoms. The SMILES string of the molecule is Cc1ccc(/C=C/C(=O)N(C)C2CCS(=O)(=O)C2)cc1Cl. The molecule has 1 aliphatic rings. The van der Waals surface area contributed by atoms with Crippen molar-refractivity contribution in [1.29, 1.82) is 0 Å². The Morgan fingerprint density at radius 3 is 2.71 bits per heavy atom. The van der Waals surface area contributed by atoms with Gasteiger partial charge in [-0.15, -0.1) is 0 Å². The monoisotopic (exact) mass is 327 g/mol. The maximum Gasteiger partial charge on any atom is 0.246 e. The Bertz CT molecular complexity index is 682. The molecule has 1 aromatic carbocycles. The van der Waals surface area contributed by atoms with Gasteiger partial charge in [-0.3, -0.25) is 4.79 Å². The average molecular weight is 328 g/mol. The molecule has 0 aromatic heterocycles. The number of rotatable bonds is 3. The van der Waals surface area contributed by atoms with Gasteiger partial charge in [0.15, 0.2) is 9.84 Å². The van der Waals surface area contributed by atoms with Gasteiger partial charge in [-0.05, 0) is 36.6 Å². The van der Waals surface area contributed by atoms with Crippen LogP contribution >= 0.6 is 11.6 Å². The fraction of sp³-hybridized carbons (Fsp3) is 0.400. The zero-order valence-electron chi connectivity index (χ0n) is 12.0. The second-order valence-electron chi connectivity index (χ2n) is 5.35. The van der Waals surface area contributed by atoms with E-state index in [2.05, 4.69) is 0 Å². The predicted octanol–water partition coefficient (Wildman–Crippen LogP) is 2.31. The summed E-state index contributed by atoms with van der Waals surface area (Å²) >= 11 is 6.03. The average Bonchev–Trinajstić information content (AvgIpc) is 2.79. The van der Waals surface area contributed by atoms with Gasteiger partial charge in [0.2, 0.25) is 5.91 Å². The minimum atomic E-state index is -2.99. The third kappa shape index (κ3) is 4.08. The minimum Gasteiger partial charge on any atom is -0.338 e. The quantitative estimate of drug-likeness (QED) is 0.800. The van der Waals surface area contributed by atoms with Gasteiger partial charge < -0.3 is 4.90 Å². The van der Waals surface area contributed by atoms with Crippen molar-refractivity contribution in [2.75, 3.05) is 18.6 Å². The lowest BCUT2D eigenvalue weighted by Gasteiger charge is -2.21. The fourth-order valence-electron chi connectivity index (χ4n) is 2.26. The first-order chi connectivity index (χ1) is 9.78. The summed E-state index contributed by atoms with van der Waals surface area (Å²) < 4.78 is 22.9. The van der Waals surface area contributed by atoms with Crippen molar-refractivity contribution in [3.05, 3.63) is 40.4 Å². The highest BCUT2D eigenvalue weighted by Gasteiger charge is 2.31. The summed E-state index contributed by atoms with van der Waals surface area (Å²) in [5.41, 5.74) is 1.82. The molecule has 0 N–H and O–H groups in total. The summed E-state index contributed by atoms with van der Waals surface area (Å²) in [6.45, 7) is 1.91. The summed E-state index contributed by atoms with van der Waals surface area (Å²) in [5, 5.41) is 0.653. The van der Waals surface area contributed by atoms with Crippen LogP contribution in [0.2, 0.25) is 5.02 Å². The van der Waals surface area contributed by atoms with Crippen LogP contribution in [0.4, 0.5) is 0 Å². The van der Waals surface area contributed by atoms with Crippen molar-refractivity contribution in [3.8, 4) is 0 Å². The standard InChI is InChI=1S/C15H18ClNO3S/c1-11-3-4-12(9-14(11)16)5-6-15(18)17(2)13-7-8-21(19,20)10-13/h3-6,9,13H,7-8,10H2,1-2H3/b6-5+. The third-order valence-corrected chi connectivity index (χ3v) is 5.88. The molecule has 1 amide bonds. The lowest BCUT2D eigenvalue weighted by Crippen LogP contribution is -2.36. The maximum atomic E-state index is 12.1. The van der Waals surface area contributed by atoms with Crippen LogP contribution in [0.15, 0.2) is 24.3 Å². The van der Waals surface area contributed by atoms with Crippen LogP contribution in [0.25, 0.3) is 6.08 Å². The lowest BCUT2D eigenvalue weighted by molar-refractivity contribution is -0.126.